The van der Waals surface area contributed by atoms with Gasteiger partial charge in [0.2, 0.25) is 0 Å². The second-order valence-corrected chi connectivity index (χ2v) is 5.99. The summed E-state index contributed by atoms with van der Waals surface area (Å²) in [6.45, 7) is 12.7. The number of aryl methyl sites for hydroxylation is 1. The molecule has 0 saturated carbocycles. The van der Waals surface area contributed by atoms with E-state index in [2.05, 4.69) is 39.0 Å². The summed E-state index contributed by atoms with van der Waals surface area (Å²) in [7, 11) is 0. The average molecular weight is 278 g/mol. The molecule has 3 heteroatoms. The molecule has 0 radical (unpaired) electrons. The van der Waals surface area contributed by atoms with Crippen LogP contribution in [0.3, 0.4) is 0 Å². The molecule has 2 rings (SSSR count). The van der Waals surface area contributed by atoms with Gasteiger partial charge in [0.05, 0.1) is 26.4 Å². The van der Waals surface area contributed by atoms with Crippen molar-refractivity contribution >= 4 is 0 Å². The summed E-state index contributed by atoms with van der Waals surface area (Å²) >= 11 is 0. The van der Waals surface area contributed by atoms with Crippen LogP contribution in [0.1, 0.15) is 37.3 Å². The van der Waals surface area contributed by atoms with E-state index in [1.807, 2.05) is 0 Å². The van der Waals surface area contributed by atoms with Gasteiger partial charge in [0.15, 0.2) is 0 Å². The molecule has 1 aliphatic rings. The molecule has 0 aromatic heterocycles. The van der Waals surface area contributed by atoms with E-state index < -0.39 is 0 Å². The fraction of sp³-hybridized carbons (Fsp3) is 0.647. The molecule has 0 aliphatic carbocycles. The Bertz CT molecular complexity index is 411. The SMILES string of the molecule is Cc1cc(OCCC[NH+]2CCOCC2)ccc1C(C)C. The fourth-order valence-electron chi connectivity index (χ4n) is 2.81. The minimum absolute atomic E-state index is 0.578. The van der Waals surface area contributed by atoms with Crippen LogP contribution < -0.4 is 9.64 Å². The first-order valence-electron chi connectivity index (χ1n) is 7.81. The number of nitrogens with one attached hydrogen (secondary N) is 1. The number of morpholine rings is 1. The smallest absolute Gasteiger partial charge is 0.119 e. The summed E-state index contributed by atoms with van der Waals surface area (Å²) in [5.74, 6) is 1.58. The maximum atomic E-state index is 5.87. The molecule has 1 aromatic carbocycles. The van der Waals surface area contributed by atoms with Crippen molar-refractivity contribution in [1.82, 2.24) is 0 Å². The quantitative estimate of drug-likeness (QED) is 0.802. The van der Waals surface area contributed by atoms with Crippen LogP contribution in [0.15, 0.2) is 18.2 Å². The first kappa shape index (κ1) is 15.3. The van der Waals surface area contributed by atoms with E-state index in [1.165, 1.54) is 17.7 Å². The van der Waals surface area contributed by atoms with E-state index >= 15 is 0 Å². The number of benzene rings is 1. The molecule has 3 nitrogen and oxygen atoms in total. The van der Waals surface area contributed by atoms with E-state index in [0.717, 1.165) is 45.1 Å². The first-order chi connectivity index (χ1) is 9.66. The summed E-state index contributed by atoms with van der Waals surface area (Å²) in [6, 6.07) is 6.46. The summed E-state index contributed by atoms with van der Waals surface area (Å²) < 4.78 is 11.2. The second-order valence-electron chi connectivity index (χ2n) is 5.99. The Morgan fingerprint density at radius 3 is 2.65 bits per heavy atom. The maximum absolute atomic E-state index is 5.87. The van der Waals surface area contributed by atoms with Crippen molar-refractivity contribution in [2.75, 3.05) is 39.5 Å². The Balaban J connectivity index is 1.72. The molecule has 1 heterocycles. The number of rotatable bonds is 6. The highest BCUT2D eigenvalue weighted by Gasteiger charge is 2.12. The van der Waals surface area contributed by atoms with Gasteiger partial charge in [-0.3, -0.25) is 0 Å². The Hall–Kier alpha value is -1.06. The van der Waals surface area contributed by atoms with Crippen molar-refractivity contribution in [2.24, 2.45) is 0 Å². The van der Waals surface area contributed by atoms with E-state index in [-0.39, 0.29) is 0 Å². The van der Waals surface area contributed by atoms with E-state index in [0.29, 0.717) is 5.92 Å². The first-order valence-corrected chi connectivity index (χ1v) is 7.81. The summed E-state index contributed by atoms with van der Waals surface area (Å²) in [6.07, 6.45) is 1.11. The fourth-order valence-corrected chi connectivity index (χ4v) is 2.81. The lowest BCUT2D eigenvalue weighted by Gasteiger charge is -2.23. The maximum Gasteiger partial charge on any atom is 0.119 e. The molecule has 112 valence electrons. The third-order valence-electron chi connectivity index (χ3n) is 4.01. The molecule has 0 bridgehead atoms. The Labute approximate surface area is 122 Å². The van der Waals surface area contributed by atoms with Crippen molar-refractivity contribution in [3.8, 4) is 5.75 Å². The summed E-state index contributed by atoms with van der Waals surface area (Å²) in [5, 5.41) is 0. The third kappa shape index (κ3) is 4.50. The molecular weight excluding hydrogens is 250 g/mol. The van der Waals surface area contributed by atoms with Crippen LogP contribution in [0, 0.1) is 6.92 Å². The molecule has 0 amide bonds. The van der Waals surface area contributed by atoms with Crippen LogP contribution in [0.4, 0.5) is 0 Å². The van der Waals surface area contributed by atoms with Gasteiger partial charge in [-0.15, -0.1) is 0 Å². The van der Waals surface area contributed by atoms with Gasteiger partial charge in [0.25, 0.3) is 0 Å². The van der Waals surface area contributed by atoms with Crippen LogP contribution in [-0.2, 0) is 4.74 Å². The predicted molar refractivity (Wildman–Crippen MR) is 81.8 cm³/mol. The number of ether oxygens (including phenoxy) is 2. The second kappa shape index (κ2) is 7.65. The predicted octanol–water partition coefficient (Wildman–Crippen LogP) is 1.80. The van der Waals surface area contributed by atoms with Crippen molar-refractivity contribution in [3.05, 3.63) is 29.3 Å². The molecule has 0 unspecified atom stereocenters. The van der Waals surface area contributed by atoms with Gasteiger partial charge in [-0.1, -0.05) is 19.9 Å². The monoisotopic (exact) mass is 278 g/mol. The zero-order valence-corrected chi connectivity index (χ0v) is 13.1. The summed E-state index contributed by atoms with van der Waals surface area (Å²) in [4.78, 5) is 1.64. The highest BCUT2D eigenvalue weighted by atomic mass is 16.5. The molecule has 0 atom stereocenters. The van der Waals surface area contributed by atoms with E-state index in [9.17, 15) is 0 Å². The van der Waals surface area contributed by atoms with E-state index in [4.69, 9.17) is 9.47 Å². The lowest BCUT2D eigenvalue weighted by molar-refractivity contribution is -0.908. The molecule has 1 aromatic rings. The zero-order valence-electron chi connectivity index (χ0n) is 13.1. The van der Waals surface area contributed by atoms with Crippen LogP contribution in [-0.4, -0.2) is 39.5 Å². The zero-order chi connectivity index (χ0) is 14.4. The Morgan fingerprint density at radius 1 is 1.25 bits per heavy atom. The van der Waals surface area contributed by atoms with Gasteiger partial charge in [-0.05, 0) is 36.1 Å². The van der Waals surface area contributed by atoms with Crippen molar-refractivity contribution in [1.29, 1.82) is 0 Å². The Morgan fingerprint density at radius 2 is 2.00 bits per heavy atom. The van der Waals surface area contributed by atoms with Gasteiger partial charge in [0.1, 0.15) is 18.8 Å². The normalized spacial score (nSPS) is 16.6. The van der Waals surface area contributed by atoms with Gasteiger partial charge >= 0.3 is 0 Å². The Kier molecular flexibility index (Phi) is 5.86. The van der Waals surface area contributed by atoms with E-state index in [1.54, 1.807) is 4.90 Å². The van der Waals surface area contributed by atoms with Crippen molar-refractivity contribution < 1.29 is 14.4 Å². The topological polar surface area (TPSA) is 22.9 Å². The molecule has 0 spiro atoms. The lowest BCUT2D eigenvalue weighted by atomic mass is 9.98. The molecule has 1 saturated heterocycles. The highest BCUT2D eigenvalue weighted by molar-refractivity contribution is 5.36. The lowest BCUT2D eigenvalue weighted by Crippen LogP contribution is -3.14. The van der Waals surface area contributed by atoms with Gasteiger partial charge < -0.3 is 14.4 Å². The van der Waals surface area contributed by atoms with Gasteiger partial charge in [-0.25, -0.2) is 0 Å². The molecule has 1 aliphatic heterocycles. The standard InChI is InChI=1S/C17H27NO2/c1-14(2)17-6-5-16(13-15(17)3)20-10-4-7-18-8-11-19-12-9-18/h5-6,13-14H,4,7-12H2,1-3H3/p+1. The van der Waals surface area contributed by atoms with Crippen molar-refractivity contribution in [2.45, 2.75) is 33.1 Å². The van der Waals surface area contributed by atoms with Crippen LogP contribution in [0.5, 0.6) is 5.75 Å². The molecular formula is C17H28NO2+. The minimum atomic E-state index is 0.578. The highest BCUT2D eigenvalue weighted by Crippen LogP contribution is 2.23. The minimum Gasteiger partial charge on any atom is -0.493 e. The van der Waals surface area contributed by atoms with Crippen molar-refractivity contribution in [3.63, 3.8) is 0 Å². The van der Waals surface area contributed by atoms with Gasteiger partial charge in [0, 0.05) is 6.42 Å². The molecule has 1 N–H and O–H groups in total. The van der Waals surface area contributed by atoms with Gasteiger partial charge in [-0.2, -0.15) is 0 Å². The third-order valence-corrected chi connectivity index (χ3v) is 4.01. The molecule has 20 heavy (non-hydrogen) atoms. The molecule has 1 fully saturated rings. The summed E-state index contributed by atoms with van der Waals surface area (Å²) in [5.41, 5.74) is 2.74. The largest absolute Gasteiger partial charge is 0.493 e. The number of hydrogen-bond donors (Lipinski definition) is 1. The van der Waals surface area contributed by atoms with Crippen LogP contribution in [0.2, 0.25) is 0 Å². The number of hydrogen-bond acceptors (Lipinski definition) is 2. The van der Waals surface area contributed by atoms with Crippen LogP contribution in [0.25, 0.3) is 0 Å². The van der Waals surface area contributed by atoms with Crippen LogP contribution >= 0.6 is 0 Å². The average Bonchev–Trinajstić information content (AvgIpc) is 2.44. The number of quaternary nitrogens is 1.